The zero-order valence-electron chi connectivity index (χ0n) is 11.4. The summed E-state index contributed by atoms with van der Waals surface area (Å²) < 4.78 is 13.8. The fraction of sp³-hybridized carbons (Fsp3) is 0.0625. The van der Waals surface area contributed by atoms with E-state index in [1.165, 1.54) is 10.9 Å². The van der Waals surface area contributed by atoms with Gasteiger partial charge >= 0.3 is 0 Å². The van der Waals surface area contributed by atoms with Gasteiger partial charge in [-0.1, -0.05) is 42.5 Å². The molecule has 2 aromatic carbocycles. The summed E-state index contributed by atoms with van der Waals surface area (Å²) in [6.45, 7) is 1.89. The molecule has 0 atom stereocenters. The fourth-order valence-corrected chi connectivity index (χ4v) is 1.90. The maximum atomic E-state index is 13.8. The number of hydrogen-bond donors (Lipinski definition) is 0. The number of rotatable bonds is 3. The van der Waals surface area contributed by atoms with Crippen molar-refractivity contribution in [3.8, 4) is 5.69 Å². The highest BCUT2D eigenvalue weighted by Gasteiger charge is 2.08. The molecule has 0 saturated heterocycles. The predicted molar refractivity (Wildman–Crippen MR) is 79.2 cm³/mol. The molecule has 0 fully saturated rings. The van der Waals surface area contributed by atoms with Crippen molar-refractivity contribution in [2.45, 2.75) is 6.92 Å². The van der Waals surface area contributed by atoms with Crippen LogP contribution < -0.4 is 0 Å². The van der Waals surface area contributed by atoms with Gasteiger partial charge in [0.05, 0.1) is 0 Å². The Morgan fingerprint density at radius 2 is 1.86 bits per heavy atom. The van der Waals surface area contributed by atoms with Gasteiger partial charge in [0.1, 0.15) is 5.69 Å². The highest BCUT2D eigenvalue weighted by atomic mass is 19.1. The van der Waals surface area contributed by atoms with Crippen molar-refractivity contribution >= 4 is 12.2 Å². The monoisotopic (exact) mass is 280 g/mol. The first-order valence-corrected chi connectivity index (χ1v) is 6.52. The third-order valence-corrected chi connectivity index (χ3v) is 2.97. The molecule has 1 heterocycles. The van der Waals surface area contributed by atoms with Crippen LogP contribution in [0.5, 0.6) is 0 Å². The predicted octanol–water partition coefficient (Wildman–Crippen LogP) is 3.28. The van der Waals surface area contributed by atoms with Gasteiger partial charge in [0.15, 0.2) is 11.6 Å². The summed E-state index contributed by atoms with van der Waals surface area (Å²) >= 11 is 0. The van der Waals surface area contributed by atoms with E-state index in [4.69, 9.17) is 0 Å². The van der Waals surface area contributed by atoms with Gasteiger partial charge in [-0.2, -0.15) is 0 Å². The zero-order valence-corrected chi connectivity index (χ0v) is 11.4. The lowest BCUT2D eigenvalue weighted by atomic mass is 10.2. The molecule has 0 radical (unpaired) electrons. The molecule has 0 N–H and O–H groups in total. The molecule has 0 aliphatic heterocycles. The summed E-state index contributed by atoms with van der Waals surface area (Å²) in [5.41, 5.74) is 2.27. The number of aryl methyl sites for hydroxylation is 1. The van der Waals surface area contributed by atoms with Crippen molar-refractivity contribution in [1.29, 1.82) is 0 Å². The first-order chi connectivity index (χ1) is 10.2. The molecule has 4 nitrogen and oxygen atoms in total. The third-order valence-electron chi connectivity index (χ3n) is 2.97. The molecule has 3 aromatic rings. The number of benzene rings is 2. The number of aromatic nitrogens is 4. The summed E-state index contributed by atoms with van der Waals surface area (Å²) in [7, 11) is 0. The smallest absolute Gasteiger partial charge is 0.198 e. The Kier molecular flexibility index (Phi) is 3.55. The lowest BCUT2D eigenvalue weighted by Crippen LogP contribution is -2.02. The van der Waals surface area contributed by atoms with Gasteiger partial charge in [0.2, 0.25) is 0 Å². The summed E-state index contributed by atoms with van der Waals surface area (Å²) in [5.74, 6) is 0.0522. The van der Waals surface area contributed by atoms with E-state index in [0.29, 0.717) is 11.5 Å². The fourth-order valence-electron chi connectivity index (χ4n) is 1.90. The quantitative estimate of drug-likeness (QED) is 0.739. The van der Waals surface area contributed by atoms with Gasteiger partial charge in [0, 0.05) is 0 Å². The minimum Gasteiger partial charge on any atom is -0.205 e. The minimum atomic E-state index is -0.378. The highest BCUT2D eigenvalue weighted by molar-refractivity contribution is 5.66. The van der Waals surface area contributed by atoms with Crippen LogP contribution in [-0.4, -0.2) is 20.2 Å². The van der Waals surface area contributed by atoms with Gasteiger partial charge in [-0.05, 0) is 41.5 Å². The topological polar surface area (TPSA) is 43.6 Å². The number of halogens is 1. The second-order valence-electron chi connectivity index (χ2n) is 4.64. The van der Waals surface area contributed by atoms with Gasteiger partial charge in [-0.25, -0.2) is 4.39 Å². The molecule has 0 aliphatic carbocycles. The SMILES string of the molecule is Cc1ccc(F)c(-n2nnc(/C=C/c3ccccc3)n2)c1. The number of hydrogen-bond acceptors (Lipinski definition) is 3. The van der Waals surface area contributed by atoms with E-state index in [0.717, 1.165) is 11.1 Å². The van der Waals surface area contributed by atoms with Crippen LogP contribution >= 0.6 is 0 Å². The molecular weight excluding hydrogens is 267 g/mol. The second kappa shape index (κ2) is 5.66. The van der Waals surface area contributed by atoms with Crippen LogP contribution in [0.3, 0.4) is 0 Å². The van der Waals surface area contributed by atoms with Crippen LogP contribution in [0.1, 0.15) is 17.0 Å². The molecule has 0 amide bonds. The molecule has 0 unspecified atom stereocenters. The van der Waals surface area contributed by atoms with Crippen molar-refractivity contribution in [3.63, 3.8) is 0 Å². The number of tetrazole rings is 1. The van der Waals surface area contributed by atoms with E-state index in [9.17, 15) is 4.39 Å². The van der Waals surface area contributed by atoms with E-state index < -0.39 is 0 Å². The van der Waals surface area contributed by atoms with E-state index >= 15 is 0 Å². The lowest BCUT2D eigenvalue weighted by molar-refractivity contribution is 0.591. The molecule has 104 valence electrons. The lowest BCUT2D eigenvalue weighted by Gasteiger charge is -2.01. The molecular formula is C16H13FN4. The molecule has 21 heavy (non-hydrogen) atoms. The van der Waals surface area contributed by atoms with Gasteiger partial charge in [0.25, 0.3) is 0 Å². The highest BCUT2D eigenvalue weighted by Crippen LogP contribution is 2.13. The largest absolute Gasteiger partial charge is 0.205 e. The minimum absolute atomic E-state index is 0.293. The average molecular weight is 280 g/mol. The first-order valence-electron chi connectivity index (χ1n) is 6.52. The maximum Gasteiger partial charge on any atom is 0.198 e. The van der Waals surface area contributed by atoms with Gasteiger partial charge < -0.3 is 0 Å². The average Bonchev–Trinajstić information content (AvgIpc) is 2.97. The Balaban J connectivity index is 1.87. The van der Waals surface area contributed by atoms with Crippen LogP contribution in [0.25, 0.3) is 17.8 Å². The third kappa shape index (κ3) is 3.02. The van der Waals surface area contributed by atoms with E-state index in [-0.39, 0.29) is 5.82 Å². The van der Waals surface area contributed by atoms with Crippen molar-refractivity contribution in [2.75, 3.05) is 0 Å². The van der Waals surface area contributed by atoms with Crippen molar-refractivity contribution in [3.05, 3.63) is 71.3 Å². The van der Waals surface area contributed by atoms with E-state index in [2.05, 4.69) is 15.4 Å². The molecule has 0 aliphatic rings. The van der Waals surface area contributed by atoms with Crippen molar-refractivity contribution in [2.24, 2.45) is 0 Å². The molecule has 3 rings (SSSR count). The maximum absolute atomic E-state index is 13.8. The normalized spacial score (nSPS) is 11.1. The molecule has 5 heteroatoms. The summed E-state index contributed by atoms with van der Waals surface area (Å²) in [6, 6.07) is 14.6. The Labute approximate surface area is 121 Å². The summed E-state index contributed by atoms with van der Waals surface area (Å²) in [6.07, 6.45) is 3.63. The Morgan fingerprint density at radius 1 is 1.05 bits per heavy atom. The van der Waals surface area contributed by atoms with Crippen LogP contribution in [0.4, 0.5) is 4.39 Å². The number of nitrogens with zero attached hydrogens (tertiary/aromatic N) is 4. The second-order valence-corrected chi connectivity index (χ2v) is 4.64. The Bertz CT molecular complexity index is 778. The van der Waals surface area contributed by atoms with Crippen LogP contribution in [0, 0.1) is 12.7 Å². The summed E-state index contributed by atoms with van der Waals surface area (Å²) in [4.78, 5) is 1.20. The Hall–Kier alpha value is -2.82. The van der Waals surface area contributed by atoms with E-state index in [1.54, 1.807) is 18.2 Å². The van der Waals surface area contributed by atoms with Crippen LogP contribution in [0.2, 0.25) is 0 Å². The van der Waals surface area contributed by atoms with Crippen molar-refractivity contribution < 1.29 is 4.39 Å². The Morgan fingerprint density at radius 3 is 2.67 bits per heavy atom. The van der Waals surface area contributed by atoms with Crippen molar-refractivity contribution in [1.82, 2.24) is 20.2 Å². The van der Waals surface area contributed by atoms with Gasteiger partial charge in [-0.15, -0.1) is 15.0 Å². The first kappa shape index (κ1) is 13.2. The molecule has 0 bridgehead atoms. The van der Waals surface area contributed by atoms with Crippen LogP contribution in [-0.2, 0) is 0 Å². The van der Waals surface area contributed by atoms with E-state index in [1.807, 2.05) is 43.3 Å². The molecule has 0 spiro atoms. The summed E-state index contributed by atoms with van der Waals surface area (Å²) in [5, 5.41) is 12.0. The standard InChI is InChI=1S/C16H13FN4/c1-12-7-9-14(17)15(11-12)21-19-16(18-20-21)10-8-13-5-3-2-4-6-13/h2-11H,1H3/b10-8+. The molecule has 1 aromatic heterocycles. The molecule has 0 saturated carbocycles. The van der Waals surface area contributed by atoms with Gasteiger partial charge in [-0.3, -0.25) is 0 Å². The van der Waals surface area contributed by atoms with Crippen LogP contribution in [0.15, 0.2) is 48.5 Å². The zero-order chi connectivity index (χ0) is 14.7.